The van der Waals surface area contributed by atoms with Crippen molar-refractivity contribution in [3.63, 3.8) is 0 Å². The van der Waals surface area contributed by atoms with Crippen LogP contribution < -0.4 is 0 Å². The van der Waals surface area contributed by atoms with E-state index in [2.05, 4.69) is 20.8 Å². The Labute approximate surface area is 108 Å². The second kappa shape index (κ2) is 3.38. The van der Waals surface area contributed by atoms with E-state index in [1.807, 2.05) is 0 Å². The quantitative estimate of drug-likeness (QED) is 0.752. The second-order valence-electron chi connectivity index (χ2n) is 7.40. The van der Waals surface area contributed by atoms with Gasteiger partial charge in [0, 0.05) is 0 Å². The van der Waals surface area contributed by atoms with Crippen LogP contribution in [0.1, 0.15) is 46.5 Å². The van der Waals surface area contributed by atoms with E-state index < -0.39 is 12.1 Å². The summed E-state index contributed by atoms with van der Waals surface area (Å²) in [7, 11) is 0. The molecule has 0 bridgehead atoms. The van der Waals surface area contributed by atoms with Crippen LogP contribution in [0.3, 0.4) is 0 Å². The minimum absolute atomic E-state index is 0.0470. The van der Waals surface area contributed by atoms with Crippen molar-refractivity contribution in [3.8, 4) is 0 Å². The van der Waals surface area contributed by atoms with Gasteiger partial charge in [-0.1, -0.05) is 26.3 Å². The van der Waals surface area contributed by atoms with Gasteiger partial charge in [0.2, 0.25) is 0 Å². The average molecular weight is 250 g/mol. The molecule has 0 heterocycles. The largest absolute Gasteiger partial charge is 0.478 e. The number of carboxylic acid groups (broad SMARTS) is 1. The molecule has 3 nitrogen and oxygen atoms in total. The third kappa shape index (κ3) is 1.37. The molecule has 100 valence electrons. The normalized spacial score (nSPS) is 45.2. The molecule has 2 N–H and O–H groups in total. The summed E-state index contributed by atoms with van der Waals surface area (Å²) in [6.45, 7) is 6.68. The Morgan fingerprint density at radius 1 is 1.28 bits per heavy atom. The molecule has 3 aliphatic rings. The smallest absolute Gasteiger partial charge is 0.334 e. The van der Waals surface area contributed by atoms with Crippen LogP contribution in [-0.4, -0.2) is 22.3 Å². The Morgan fingerprint density at radius 2 is 1.94 bits per heavy atom. The van der Waals surface area contributed by atoms with Gasteiger partial charge < -0.3 is 10.2 Å². The molecule has 0 saturated heterocycles. The standard InChI is InChI=1S/C15H22O3/c1-14(2)6-8-10(7-14)15(3)5-4-9(15)11(12(8)16)13(17)18/h8,10,12,16H,4-7H2,1-3H3,(H,17,18). The molecular weight excluding hydrogens is 228 g/mol. The van der Waals surface area contributed by atoms with Gasteiger partial charge >= 0.3 is 5.97 Å². The number of aliphatic hydroxyl groups excluding tert-OH is 1. The van der Waals surface area contributed by atoms with Crippen LogP contribution in [0.15, 0.2) is 11.1 Å². The number of allylic oxidation sites excluding steroid dienone is 1. The summed E-state index contributed by atoms with van der Waals surface area (Å²) >= 11 is 0. The fourth-order valence-corrected chi connectivity index (χ4v) is 4.78. The molecule has 4 unspecified atom stereocenters. The van der Waals surface area contributed by atoms with E-state index in [0.717, 1.165) is 31.3 Å². The lowest BCUT2D eigenvalue weighted by Crippen LogP contribution is -2.49. The predicted octanol–water partition coefficient (Wildman–Crippen LogP) is 2.59. The zero-order chi connectivity index (χ0) is 13.3. The highest BCUT2D eigenvalue weighted by molar-refractivity contribution is 5.90. The van der Waals surface area contributed by atoms with Crippen molar-refractivity contribution in [2.75, 3.05) is 0 Å². The third-order valence-electron chi connectivity index (χ3n) is 5.74. The Kier molecular flexibility index (Phi) is 2.30. The molecule has 0 amide bonds. The van der Waals surface area contributed by atoms with Crippen molar-refractivity contribution in [1.82, 2.24) is 0 Å². The molecular formula is C15H22O3. The van der Waals surface area contributed by atoms with Crippen LogP contribution in [0, 0.1) is 22.7 Å². The fourth-order valence-electron chi connectivity index (χ4n) is 4.78. The molecule has 2 fully saturated rings. The molecule has 0 aliphatic heterocycles. The van der Waals surface area contributed by atoms with Crippen molar-refractivity contribution in [2.24, 2.45) is 22.7 Å². The zero-order valence-corrected chi connectivity index (χ0v) is 11.4. The van der Waals surface area contributed by atoms with Crippen LogP contribution in [-0.2, 0) is 4.79 Å². The van der Waals surface area contributed by atoms with Crippen molar-refractivity contribution >= 4 is 5.97 Å². The first kappa shape index (κ1) is 12.2. The molecule has 3 heteroatoms. The van der Waals surface area contributed by atoms with Crippen LogP contribution in [0.25, 0.3) is 0 Å². The topological polar surface area (TPSA) is 57.5 Å². The van der Waals surface area contributed by atoms with Gasteiger partial charge in [0.1, 0.15) is 0 Å². The number of aliphatic carboxylic acids is 1. The summed E-state index contributed by atoms with van der Waals surface area (Å²) < 4.78 is 0. The van der Waals surface area contributed by atoms with Gasteiger partial charge in [-0.3, -0.25) is 0 Å². The lowest BCUT2D eigenvalue weighted by Gasteiger charge is -2.54. The van der Waals surface area contributed by atoms with Crippen LogP contribution in [0.5, 0.6) is 0 Å². The highest BCUT2D eigenvalue weighted by Crippen LogP contribution is 2.66. The van der Waals surface area contributed by atoms with Crippen molar-refractivity contribution in [1.29, 1.82) is 0 Å². The van der Waals surface area contributed by atoms with Crippen molar-refractivity contribution in [3.05, 3.63) is 11.1 Å². The van der Waals surface area contributed by atoms with Crippen LogP contribution >= 0.6 is 0 Å². The Balaban J connectivity index is 2.08. The highest BCUT2D eigenvalue weighted by Gasteiger charge is 2.60. The number of fused-ring (bicyclic) bond motifs is 3. The average Bonchev–Trinajstić information content (AvgIpc) is 2.57. The van der Waals surface area contributed by atoms with E-state index in [4.69, 9.17) is 0 Å². The van der Waals surface area contributed by atoms with Gasteiger partial charge in [-0.15, -0.1) is 0 Å². The van der Waals surface area contributed by atoms with Crippen LogP contribution in [0.2, 0.25) is 0 Å². The second-order valence-corrected chi connectivity index (χ2v) is 7.40. The van der Waals surface area contributed by atoms with Crippen molar-refractivity contribution < 1.29 is 15.0 Å². The van der Waals surface area contributed by atoms with E-state index >= 15 is 0 Å². The van der Waals surface area contributed by atoms with E-state index in [9.17, 15) is 15.0 Å². The summed E-state index contributed by atoms with van der Waals surface area (Å²) in [5, 5.41) is 19.8. The predicted molar refractivity (Wildman–Crippen MR) is 68.0 cm³/mol. The van der Waals surface area contributed by atoms with Crippen LogP contribution in [0.4, 0.5) is 0 Å². The minimum Gasteiger partial charge on any atom is -0.478 e. The molecule has 0 spiro atoms. The van der Waals surface area contributed by atoms with Gasteiger partial charge in [0.15, 0.2) is 0 Å². The maximum atomic E-state index is 11.4. The SMILES string of the molecule is CC1(C)CC2C(O)C(C(=O)O)=C3CCC3(C)C2C1. The number of hydrogen-bond acceptors (Lipinski definition) is 2. The Bertz CT molecular complexity index is 449. The summed E-state index contributed by atoms with van der Waals surface area (Å²) in [6, 6.07) is 0. The summed E-state index contributed by atoms with van der Waals surface area (Å²) in [5.74, 6) is -0.305. The van der Waals surface area contributed by atoms with E-state index in [1.165, 1.54) is 0 Å². The third-order valence-corrected chi connectivity index (χ3v) is 5.74. The van der Waals surface area contributed by atoms with E-state index in [1.54, 1.807) is 0 Å². The maximum Gasteiger partial charge on any atom is 0.334 e. The molecule has 0 aromatic rings. The lowest BCUT2D eigenvalue weighted by molar-refractivity contribution is -0.135. The summed E-state index contributed by atoms with van der Waals surface area (Å²) in [6.07, 6.45) is 3.25. The fraction of sp³-hybridized carbons (Fsp3) is 0.800. The highest BCUT2D eigenvalue weighted by atomic mass is 16.4. The van der Waals surface area contributed by atoms with Gasteiger partial charge in [-0.2, -0.15) is 0 Å². The molecule has 0 aromatic heterocycles. The first-order valence-corrected chi connectivity index (χ1v) is 6.91. The Morgan fingerprint density at radius 3 is 2.44 bits per heavy atom. The summed E-state index contributed by atoms with van der Waals surface area (Å²) in [4.78, 5) is 11.4. The molecule has 0 radical (unpaired) electrons. The molecule has 3 aliphatic carbocycles. The number of rotatable bonds is 1. The summed E-state index contributed by atoms with van der Waals surface area (Å²) in [5.41, 5.74) is 1.63. The monoisotopic (exact) mass is 250 g/mol. The molecule has 3 rings (SSSR count). The van der Waals surface area contributed by atoms with Gasteiger partial charge in [0.25, 0.3) is 0 Å². The zero-order valence-electron chi connectivity index (χ0n) is 11.4. The van der Waals surface area contributed by atoms with Gasteiger partial charge in [0.05, 0.1) is 11.7 Å². The molecule has 2 saturated carbocycles. The molecule has 0 aromatic carbocycles. The first-order chi connectivity index (χ1) is 8.26. The van der Waals surface area contributed by atoms with E-state index in [0.29, 0.717) is 11.5 Å². The number of aliphatic hydroxyl groups is 1. The minimum atomic E-state index is -0.911. The number of carboxylic acids is 1. The first-order valence-electron chi connectivity index (χ1n) is 6.91. The maximum absolute atomic E-state index is 11.4. The molecule has 18 heavy (non-hydrogen) atoms. The Hall–Kier alpha value is -0.830. The lowest BCUT2D eigenvalue weighted by atomic mass is 9.51. The molecule has 4 atom stereocenters. The number of hydrogen-bond donors (Lipinski definition) is 2. The van der Waals surface area contributed by atoms with Gasteiger partial charge in [-0.05, 0) is 48.3 Å². The van der Waals surface area contributed by atoms with Gasteiger partial charge in [-0.25, -0.2) is 4.79 Å². The van der Waals surface area contributed by atoms with Crippen molar-refractivity contribution in [2.45, 2.75) is 52.6 Å². The number of carbonyl (C=O) groups is 1. The van der Waals surface area contributed by atoms with E-state index in [-0.39, 0.29) is 16.7 Å².